The van der Waals surface area contributed by atoms with Crippen LogP contribution in [0.5, 0.6) is 0 Å². The van der Waals surface area contributed by atoms with Crippen molar-refractivity contribution in [1.29, 1.82) is 0 Å². The van der Waals surface area contributed by atoms with Gasteiger partial charge in [-0.2, -0.15) is 9.40 Å². The smallest absolute Gasteiger partial charge is 0.257 e. The number of sulfonamides is 1. The molecule has 1 fully saturated rings. The average molecular weight is 425 g/mol. The third-order valence-electron chi connectivity index (χ3n) is 5.41. The van der Waals surface area contributed by atoms with Gasteiger partial charge in [0.05, 0.1) is 22.3 Å². The fourth-order valence-electron chi connectivity index (χ4n) is 3.80. The van der Waals surface area contributed by atoms with Crippen LogP contribution in [-0.2, 0) is 10.0 Å². The molecule has 1 aliphatic heterocycles. The van der Waals surface area contributed by atoms with Crippen LogP contribution in [0.1, 0.15) is 21.5 Å². The van der Waals surface area contributed by atoms with Crippen molar-refractivity contribution >= 4 is 15.9 Å². The fraction of sp³-hybridized carbons (Fsp3) is 0.273. The van der Waals surface area contributed by atoms with Crippen molar-refractivity contribution in [2.75, 3.05) is 26.2 Å². The summed E-state index contributed by atoms with van der Waals surface area (Å²) < 4.78 is 27.6. The van der Waals surface area contributed by atoms with Crippen molar-refractivity contribution < 1.29 is 13.2 Å². The van der Waals surface area contributed by atoms with E-state index in [0.29, 0.717) is 29.2 Å². The average Bonchev–Trinajstić information content (AvgIpc) is 3.23. The third kappa shape index (κ3) is 3.76. The molecular weight excluding hydrogens is 400 g/mol. The lowest BCUT2D eigenvalue weighted by molar-refractivity contribution is 0.0698. The number of nitrogens with zero attached hydrogens (tertiary/aromatic N) is 3. The highest BCUT2D eigenvalue weighted by Crippen LogP contribution is 2.25. The van der Waals surface area contributed by atoms with E-state index in [1.807, 2.05) is 56.3 Å². The fourth-order valence-corrected chi connectivity index (χ4v) is 5.43. The number of aryl methyl sites for hydroxylation is 2. The van der Waals surface area contributed by atoms with Crippen LogP contribution >= 0.6 is 0 Å². The molecule has 30 heavy (non-hydrogen) atoms. The molecule has 156 valence electrons. The number of H-pyrrole nitrogens is 1. The SMILES string of the molecule is Cc1ccc(S(=O)(=O)N2CCN(C(=O)c3cn[nH]c3-c3ccccc3)CC2)c(C)c1. The van der Waals surface area contributed by atoms with Gasteiger partial charge in [0.15, 0.2) is 0 Å². The lowest BCUT2D eigenvalue weighted by Gasteiger charge is -2.34. The van der Waals surface area contributed by atoms with Gasteiger partial charge in [0.25, 0.3) is 5.91 Å². The van der Waals surface area contributed by atoms with Crippen LogP contribution in [0.25, 0.3) is 11.3 Å². The Hall–Kier alpha value is -2.97. The molecule has 8 heteroatoms. The van der Waals surface area contributed by atoms with Crippen molar-refractivity contribution in [3.63, 3.8) is 0 Å². The maximum absolute atomic E-state index is 13.1. The van der Waals surface area contributed by atoms with Gasteiger partial charge in [0, 0.05) is 31.7 Å². The first kappa shape index (κ1) is 20.3. The summed E-state index contributed by atoms with van der Waals surface area (Å²) in [5, 5.41) is 6.95. The zero-order valence-electron chi connectivity index (χ0n) is 17.0. The Morgan fingerprint density at radius 1 is 1.00 bits per heavy atom. The quantitative estimate of drug-likeness (QED) is 0.698. The Morgan fingerprint density at radius 2 is 1.70 bits per heavy atom. The molecule has 2 heterocycles. The molecule has 1 amide bonds. The van der Waals surface area contributed by atoms with E-state index in [-0.39, 0.29) is 19.0 Å². The number of rotatable bonds is 4. The van der Waals surface area contributed by atoms with Crippen LogP contribution in [0.4, 0.5) is 0 Å². The molecule has 4 rings (SSSR count). The number of nitrogens with one attached hydrogen (secondary N) is 1. The monoisotopic (exact) mass is 424 g/mol. The summed E-state index contributed by atoms with van der Waals surface area (Å²) in [4.78, 5) is 15.1. The lowest BCUT2D eigenvalue weighted by atomic mass is 10.1. The van der Waals surface area contributed by atoms with Gasteiger partial charge in [-0.3, -0.25) is 9.89 Å². The second kappa shape index (κ2) is 8.04. The van der Waals surface area contributed by atoms with E-state index in [1.54, 1.807) is 11.0 Å². The van der Waals surface area contributed by atoms with Gasteiger partial charge >= 0.3 is 0 Å². The first-order chi connectivity index (χ1) is 14.4. The topological polar surface area (TPSA) is 86.4 Å². The van der Waals surface area contributed by atoms with Gasteiger partial charge in [0.2, 0.25) is 10.0 Å². The summed E-state index contributed by atoms with van der Waals surface area (Å²) in [6.07, 6.45) is 1.53. The number of aromatic amines is 1. The Morgan fingerprint density at radius 3 is 2.37 bits per heavy atom. The Bertz CT molecular complexity index is 1160. The normalized spacial score (nSPS) is 15.3. The molecule has 0 saturated carbocycles. The van der Waals surface area contributed by atoms with E-state index >= 15 is 0 Å². The minimum absolute atomic E-state index is 0.147. The molecule has 1 saturated heterocycles. The van der Waals surface area contributed by atoms with Crippen molar-refractivity contribution in [2.45, 2.75) is 18.7 Å². The molecule has 0 bridgehead atoms. The Balaban J connectivity index is 1.49. The maximum atomic E-state index is 13.1. The summed E-state index contributed by atoms with van der Waals surface area (Å²) in [7, 11) is -3.59. The number of benzene rings is 2. The largest absolute Gasteiger partial charge is 0.336 e. The van der Waals surface area contributed by atoms with Crippen molar-refractivity contribution in [3.8, 4) is 11.3 Å². The molecule has 0 spiro atoms. The number of carbonyl (C=O) groups is 1. The lowest BCUT2D eigenvalue weighted by Crippen LogP contribution is -2.50. The van der Waals surface area contributed by atoms with Crippen LogP contribution in [0, 0.1) is 13.8 Å². The number of amides is 1. The van der Waals surface area contributed by atoms with Gasteiger partial charge in [-0.25, -0.2) is 8.42 Å². The van der Waals surface area contributed by atoms with Gasteiger partial charge in [-0.05, 0) is 25.5 Å². The van der Waals surface area contributed by atoms with Crippen LogP contribution < -0.4 is 0 Å². The second-order valence-electron chi connectivity index (χ2n) is 7.49. The van der Waals surface area contributed by atoms with Crippen LogP contribution in [0.2, 0.25) is 0 Å². The minimum atomic E-state index is -3.59. The second-order valence-corrected chi connectivity index (χ2v) is 9.40. The highest BCUT2D eigenvalue weighted by molar-refractivity contribution is 7.89. The molecule has 7 nitrogen and oxygen atoms in total. The van der Waals surface area contributed by atoms with Crippen LogP contribution in [-0.4, -0.2) is 59.9 Å². The Labute approximate surface area is 176 Å². The first-order valence-electron chi connectivity index (χ1n) is 9.83. The zero-order chi connectivity index (χ0) is 21.3. The predicted molar refractivity (Wildman–Crippen MR) is 115 cm³/mol. The molecule has 1 aromatic heterocycles. The highest BCUT2D eigenvalue weighted by Gasteiger charge is 2.32. The molecule has 3 aromatic rings. The maximum Gasteiger partial charge on any atom is 0.257 e. The molecular formula is C22H24N4O3S. The summed E-state index contributed by atoms with van der Waals surface area (Å²) in [6.45, 7) is 4.95. The van der Waals surface area contributed by atoms with Gasteiger partial charge in [-0.15, -0.1) is 0 Å². The molecule has 0 unspecified atom stereocenters. The van der Waals surface area contributed by atoms with E-state index in [2.05, 4.69) is 10.2 Å². The Kier molecular flexibility index (Phi) is 5.44. The number of carbonyl (C=O) groups excluding carboxylic acids is 1. The highest BCUT2D eigenvalue weighted by atomic mass is 32.2. The molecule has 1 N–H and O–H groups in total. The van der Waals surface area contributed by atoms with E-state index in [1.165, 1.54) is 10.5 Å². The number of aromatic nitrogens is 2. The molecule has 0 atom stereocenters. The first-order valence-corrected chi connectivity index (χ1v) is 11.3. The molecule has 0 aliphatic carbocycles. The summed E-state index contributed by atoms with van der Waals surface area (Å²) in [5.41, 5.74) is 3.81. The number of piperazine rings is 1. The van der Waals surface area contributed by atoms with Crippen LogP contribution in [0.3, 0.4) is 0 Å². The van der Waals surface area contributed by atoms with Crippen molar-refractivity contribution in [2.24, 2.45) is 0 Å². The van der Waals surface area contributed by atoms with E-state index in [4.69, 9.17) is 0 Å². The summed E-state index contributed by atoms with van der Waals surface area (Å²) in [6, 6.07) is 14.9. The summed E-state index contributed by atoms with van der Waals surface area (Å²) >= 11 is 0. The zero-order valence-corrected chi connectivity index (χ0v) is 17.8. The molecule has 2 aromatic carbocycles. The minimum Gasteiger partial charge on any atom is -0.336 e. The third-order valence-corrected chi connectivity index (χ3v) is 7.47. The van der Waals surface area contributed by atoms with Gasteiger partial charge < -0.3 is 4.90 Å². The number of hydrogen-bond donors (Lipinski definition) is 1. The molecule has 0 radical (unpaired) electrons. The van der Waals surface area contributed by atoms with E-state index < -0.39 is 10.0 Å². The van der Waals surface area contributed by atoms with Crippen molar-refractivity contribution in [1.82, 2.24) is 19.4 Å². The number of hydrogen-bond acceptors (Lipinski definition) is 4. The summed E-state index contributed by atoms with van der Waals surface area (Å²) in [5.74, 6) is -0.147. The van der Waals surface area contributed by atoms with E-state index in [0.717, 1.165) is 16.7 Å². The van der Waals surface area contributed by atoms with Crippen LogP contribution in [0.15, 0.2) is 59.6 Å². The van der Waals surface area contributed by atoms with Crippen molar-refractivity contribution in [3.05, 3.63) is 71.4 Å². The predicted octanol–water partition coefficient (Wildman–Crippen LogP) is 2.84. The van der Waals surface area contributed by atoms with E-state index in [9.17, 15) is 13.2 Å². The standard InChI is InChI=1S/C22H24N4O3S/c1-16-8-9-20(17(2)14-16)30(28,29)26-12-10-25(11-13-26)22(27)19-15-23-24-21(19)18-6-4-3-5-7-18/h3-9,14-15H,10-13H2,1-2H3,(H,23,24). The van der Waals surface area contributed by atoms with Gasteiger partial charge in [0.1, 0.15) is 0 Å². The van der Waals surface area contributed by atoms with Gasteiger partial charge in [-0.1, -0.05) is 48.0 Å². The molecule has 1 aliphatic rings.